The summed E-state index contributed by atoms with van der Waals surface area (Å²) in [6, 6.07) is 1.68. The highest BCUT2D eigenvalue weighted by Crippen LogP contribution is 2.42. The standard InChI is InChI=1S/C14H17NO3/c1-8(2)12-10(9-5-6-9)7-11(14(17)18-4)13(16)15(12)3/h7,9H,1,5-6H2,2-4H3. The van der Waals surface area contributed by atoms with Crippen molar-refractivity contribution in [2.45, 2.75) is 25.7 Å². The summed E-state index contributed by atoms with van der Waals surface area (Å²) in [5.74, 6) is -0.141. The zero-order chi connectivity index (χ0) is 13.4. The van der Waals surface area contributed by atoms with E-state index in [-0.39, 0.29) is 11.1 Å². The normalized spacial score (nSPS) is 14.4. The first-order valence-corrected chi connectivity index (χ1v) is 5.95. The third-order valence-electron chi connectivity index (χ3n) is 3.27. The fourth-order valence-electron chi connectivity index (χ4n) is 2.26. The Hall–Kier alpha value is -1.84. The molecule has 1 saturated carbocycles. The molecule has 2 rings (SSSR count). The van der Waals surface area contributed by atoms with Crippen molar-refractivity contribution in [3.05, 3.63) is 39.8 Å². The van der Waals surface area contributed by atoms with Crippen LogP contribution in [-0.4, -0.2) is 17.6 Å². The fraction of sp³-hybridized carbons (Fsp3) is 0.429. The quantitative estimate of drug-likeness (QED) is 0.768. The third kappa shape index (κ3) is 1.98. The number of carbonyl (C=O) groups excluding carboxylic acids is 1. The smallest absolute Gasteiger partial charge is 0.343 e. The Bertz CT molecular complexity index is 579. The van der Waals surface area contributed by atoms with E-state index in [2.05, 4.69) is 11.3 Å². The van der Waals surface area contributed by atoms with Gasteiger partial charge in [-0.15, -0.1) is 0 Å². The highest BCUT2D eigenvalue weighted by Gasteiger charge is 2.29. The molecule has 0 atom stereocenters. The summed E-state index contributed by atoms with van der Waals surface area (Å²) in [5.41, 5.74) is 2.49. The summed E-state index contributed by atoms with van der Waals surface area (Å²) in [6.45, 7) is 5.79. The fourth-order valence-corrected chi connectivity index (χ4v) is 2.26. The van der Waals surface area contributed by atoms with Crippen LogP contribution in [0.15, 0.2) is 17.4 Å². The lowest BCUT2D eigenvalue weighted by Crippen LogP contribution is -2.28. The van der Waals surface area contributed by atoms with Gasteiger partial charge in [0.15, 0.2) is 0 Å². The molecule has 0 unspecified atom stereocenters. The van der Waals surface area contributed by atoms with Crippen molar-refractivity contribution in [2.75, 3.05) is 7.11 Å². The SMILES string of the molecule is C=C(C)c1c(C2CC2)cc(C(=O)OC)c(=O)n1C. The van der Waals surface area contributed by atoms with Crippen LogP contribution in [0, 0.1) is 0 Å². The first-order valence-electron chi connectivity index (χ1n) is 5.95. The number of hydrogen-bond acceptors (Lipinski definition) is 3. The maximum atomic E-state index is 12.1. The summed E-state index contributed by atoms with van der Waals surface area (Å²) in [6.07, 6.45) is 2.19. The van der Waals surface area contributed by atoms with Crippen molar-refractivity contribution < 1.29 is 9.53 Å². The average Bonchev–Trinajstić information content (AvgIpc) is 3.14. The number of methoxy groups -OCH3 is 1. The van der Waals surface area contributed by atoms with Gasteiger partial charge in [-0.3, -0.25) is 4.79 Å². The minimum absolute atomic E-state index is 0.104. The van der Waals surface area contributed by atoms with Gasteiger partial charge in [-0.1, -0.05) is 6.58 Å². The number of pyridine rings is 1. The van der Waals surface area contributed by atoms with Gasteiger partial charge in [0.2, 0.25) is 0 Å². The Kier molecular flexibility index (Phi) is 3.11. The molecule has 0 spiro atoms. The van der Waals surface area contributed by atoms with E-state index >= 15 is 0 Å². The van der Waals surface area contributed by atoms with Gasteiger partial charge in [0, 0.05) is 12.7 Å². The van der Waals surface area contributed by atoms with Crippen LogP contribution < -0.4 is 5.56 Å². The van der Waals surface area contributed by atoms with Crippen molar-refractivity contribution in [3.8, 4) is 0 Å². The molecule has 1 heterocycles. The Morgan fingerprint density at radius 1 is 1.50 bits per heavy atom. The Morgan fingerprint density at radius 3 is 2.56 bits per heavy atom. The number of allylic oxidation sites excluding steroid dienone is 1. The minimum atomic E-state index is -0.578. The topological polar surface area (TPSA) is 48.3 Å². The van der Waals surface area contributed by atoms with E-state index in [0.717, 1.165) is 29.7 Å². The van der Waals surface area contributed by atoms with E-state index in [1.165, 1.54) is 11.7 Å². The van der Waals surface area contributed by atoms with Crippen LogP contribution in [-0.2, 0) is 11.8 Å². The Balaban J connectivity index is 2.71. The second kappa shape index (κ2) is 4.44. The number of rotatable bonds is 3. The lowest BCUT2D eigenvalue weighted by molar-refractivity contribution is 0.0598. The lowest BCUT2D eigenvalue weighted by Gasteiger charge is -2.15. The molecule has 0 amide bonds. The number of aromatic nitrogens is 1. The second-order valence-corrected chi connectivity index (χ2v) is 4.77. The summed E-state index contributed by atoms with van der Waals surface area (Å²) in [4.78, 5) is 23.7. The summed E-state index contributed by atoms with van der Waals surface area (Å²) in [7, 11) is 2.95. The molecule has 1 fully saturated rings. The molecule has 0 bridgehead atoms. The van der Waals surface area contributed by atoms with Gasteiger partial charge in [0.25, 0.3) is 5.56 Å². The summed E-state index contributed by atoms with van der Waals surface area (Å²) in [5, 5.41) is 0. The number of hydrogen-bond donors (Lipinski definition) is 0. The van der Waals surface area contributed by atoms with Crippen molar-refractivity contribution in [1.29, 1.82) is 0 Å². The van der Waals surface area contributed by atoms with Gasteiger partial charge in [-0.05, 0) is 42.9 Å². The molecule has 0 N–H and O–H groups in total. The van der Waals surface area contributed by atoms with E-state index in [1.54, 1.807) is 13.1 Å². The molecule has 1 aliphatic carbocycles. The molecule has 18 heavy (non-hydrogen) atoms. The van der Waals surface area contributed by atoms with Crippen LogP contribution in [0.1, 0.15) is 47.3 Å². The molecule has 0 aliphatic heterocycles. The molecule has 0 saturated heterocycles. The van der Waals surface area contributed by atoms with Crippen molar-refractivity contribution in [3.63, 3.8) is 0 Å². The predicted molar refractivity (Wildman–Crippen MR) is 69.7 cm³/mol. The molecule has 1 aliphatic rings. The highest BCUT2D eigenvalue weighted by atomic mass is 16.5. The second-order valence-electron chi connectivity index (χ2n) is 4.77. The van der Waals surface area contributed by atoms with Gasteiger partial charge in [0.1, 0.15) is 5.56 Å². The predicted octanol–water partition coefficient (Wildman–Crippen LogP) is 2.08. The van der Waals surface area contributed by atoms with Gasteiger partial charge >= 0.3 is 5.97 Å². The third-order valence-corrected chi connectivity index (χ3v) is 3.27. The largest absolute Gasteiger partial charge is 0.465 e. The lowest BCUT2D eigenvalue weighted by atomic mass is 10.0. The van der Waals surface area contributed by atoms with Crippen LogP contribution in [0.4, 0.5) is 0 Å². The van der Waals surface area contributed by atoms with Crippen LogP contribution in [0.2, 0.25) is 0 Å². The number of esters is 1. The monoisotopic (exact) mass is 247 g/mol. The Morgan fingerprint density at radius 2 is 2.11 bits per heavy atom. The zero-order valence-corrected chi connectivity index (χ0v) is 10.9. The van der Waals surface area contributed by atoms with Crippen LogP contribution in [0.25, 0.3) is 5.57 Å². The van der Waals surface area contributed by atoms with Crippen LogP contribution in [0.3, 0.4) is 0 Å². The van der Waals surface area contributed by atoms with Gasteiger partial charge < -0.3 is 9.30 Å². The van der Waals surface area contributed by atoms with Gasteiger partial charge in [-0.2, -0.15) is 0 Å². The molecule has 0 aromatic carbocycles. The molecule has 0 radical (unpaired) electrons. The molecule has 1 aromatic heterocycles. The summed E-state index contributed by atoms with van der Waals surface area (Å²) >= 11 is 0. The van der Waals surface area contributed by atoms with E-state index in [1.807, 2.05) is 6.92 Å². The van der Waals surface area contributed by atoms with E-state index in [0.29, 0.717) is 5.92 Å². The molecule has 4 nitrogen and oxygen atoms in total. The minimum Gasteiger partial charge on any atom is -0.465 e. The number of nitrogens with zero attached hydrogens (tertiary/aromatic N) is 1. The van der Waals surface area contributed by atoms with E-state index in [9.17, 15) is 9.59 Å². The molecular formula is C14H17NO3. The molecule has 96 valence electrons. The summed E-state index contributed by atoms with van der Waals surface area (Å²) < 4.78 is 6.16. The zero-order valence-electron chi connectivity index (χ0n) is 10.9. The van der Waals surface area contributed by atoms with E-state index < -0.39 is 5.97 Å². The number of carbonyl (C=O) groups is 1. The highest BCUT2D eigenvalue weighted by molar-refractivity contribution is 5.89. The van der Waals surface area contributed by atoms with E-state index in [4.69, 9.17) is 0 Å². The maximum Gasteiger partial charge on any atom is 0.343 e. The first-order chi connectivity index (χ1) is 8.47. The molecular weight excluding hydrogens is 230 g/mol. The van der Waals surface area contributed by atoms with Gasteiger partial charge in [0.05, 0.1) is 7.11 Å². The van der Waals surface area contributed by atoms with Gasteiger partial charge in [-0.25, -0.2) is 4.79 Å². The van der Waals surface area contributed by atoms with Crippen molar-refractivity contribution >= 4 is 11.5 Å². The molecule has 4 heteroatoms. The first kappa shape index (κ1) is 12.6. The van der Waals surface area contributed by atoms with Crippen molar-refractivity contribution in [2.24, 2.45) is 7.05 Å². The van der Waals surface area contributed by atoms with Crippen molar-refractivity contribution in [1.82, 2.24) is 4.57 Å². The number of ether oxygens (including phenoxy) is 1. The van der Waals surface area contributed by atoms with Crippen LogP contribution in [0.5, 0.6) is 0 Å². The average molecular weight is 247 g/mol. The Labute approximate surface area is 106 Å². The molecule has 1 aromatic rings. The maximum absolute atomic E-state index is 12.1. The van der Waals surface area contributed by atoms with Crippen LogP contribution >= 0.6 is 0 Å².